The molecule has 0 unspecified atom stereocenters. The van der Waals surface area contributed by atoms with E-state index in [1.807, 2.05) is 0 Å². The average Bonchev–Trinajstić information content (AvgIpc) is 3.11. The van der Waals surface area contributed by atoms with Gasteiger partial charge in [-0.2, -0.15) is 18.2 Å². The first kappa shape index (κ1) is 19.5. The lowest BCUT2D eigenvalue weighted by Crippen LogP contribution is -2.25. The van der Waals surface area contributed by atoms with Crippen LogP contribution < -0.4 is 0 Å². The van der Waals surface area contributed by atoms with Gasteiger partial charge in [-0.05, 0) is 37.4 Å². The van der Waals surface area contributed by atoms with E-state index >= 15 is 0 Å². The standard InChI is InChI=1S/C18H15F3N4O3/c1-25(10-15(26)27)9-14-8-11(5-6-22-14)16-23-17(28-24-16)12-3-2-4-13(7-12)18(19,20)21/h2-8H,9-10H2,1H3,(H,26,27). The topological polar surface area (TPSA) is 92.4 Å². The summed E-state index contributed by atoms with van der Waals surface area (Å²) in [6.07, 6.45) is -2.96. The van der Waals surface area contributed by atoms with Crippen molar-refractivity contribution >= 4 is 5.97 Å². The van der Waals surface area contributed by atoms with Crippen LogP contribution in [0.1, 0.15) is 11.3 Å². The Kier molecular flexibility index (Phi) is 5.41. The number of likely N-dealkylation sites (N-methyl/N-ethyl adjacent to an activating group) is 1. The van der Waals surface area contributed by atoms with Gasteiger partial charge in [-0.3, -0.25) is 14.7 Å². The molecule has 0 amide bonds. The van der Waals surface area contributed by atoms with Gasteiger partial charge in [-0.1, -0.05) is 11.2 Å². The lowest BCUT2D eigenvalue weighted by atomic mass is 10.1. The fourth-order valence-corrected chi connectivity index (χ4v) is 2.55. The maximum Gasteiger partial charge on any atom is 0.416 e. The monoisotopic (exact) mass is 392 g/mol. The molecule has 0 radical (unpaired) electrons. The number of carboxylic acid groups (broad SMARTS) is 1. The van der Waals surface area contributed by atoms with Gasteiger partial charge >= 0.3 is 12.1 Å². The molecule has 1 N–H and O–H groups in total. The number of aliphatic carboxylic acids is 1. The zero-order valence-electron chi connectivity index (χ0n) is 14.6. The number of carboxylic acids is 1. The second kappa shape index (κ2) is 7.77. The second-order valence-corrected chi connectivity index (χ2v) is 6.10. The van der Waals surface area contributed by atoms with Crippen molar-refractivity contribution in [3.63, 3.8) is 0 Å². The summed E-state index contributed by atoms with van der Waals surface area (Å²) in [5, 5.41) is 12.6. The SMILES string of the molecule is CN(CC(=O)O)Cc1cc(-c2noc(-c3cccc(C(F)(F)F)c3)n2)ccn1. The number of pyridine rings is 1. The molecule has 0 bridgehead atoms. The molecule has 7 nitrogen and oxygen atoms in total. The van der Waals surface area contributed by atoms with E-state index in [-0.39, 0.29) is 23.8 Å². The Morgan fingerprint density at radius 1 is 1.21 bits per heavy atom. The van der Waals surface area contributed by atoms with E-state index in [0.29, 0.717) is 17.8 Å². The highest BCUT2D eigenvalue weighted by Crippen LogP contribution is 2.32. The number of aromatic nitrogens is 3. The molecule has 2 aromatic heterocycles. The van der Waals surface area contributed by atoms with Crippen molar-refractivity contribution in [2.24, 2.45) is 0 Å². The number of alkyl halides is 3. The van der Waals surface area contributed by atoms with Crippen molar-refractivity contribution < 1.29 is 27.6 Å². The summed E-state index contributed by atoms with van der Waals surface area (Å²) in [6.45, 7) is 0.145. The smallest absolute Gasteiger partial charge is 0.416 e. The van der Waals surface area contributed by atoms with Crippen molar-refractivity contribution in [1.82, 2.24) is 20.0 Å². The van der Waals surface area contributed by atoms with Crippen LogP contribution in [0, 0.1) is 0 Å². The number of halogens is 3. The van der Waals surface area contributed by atoms with Crippen LogP contribution >= 0.6 is 0 Å². The first-order chi connectivity index (χ1) is 13.2. The summed E-state index contributed by atoms with van der Waals surface area (Å²) in [4.78, 5) is 20.6. The summed E-state index contributed by atoms with van der Waals surface area (Å²) in [6, 6.07) is 7.91. The molecule has 0 saturated heterocycles. The van der Waals surface area contributed by atoms with E-state index in [1.54, 1.807) is 24.1 Å². The van der Waals surface area contributed by atoms with Crippen molar-refractivity contribution in [2.75, 3.05) is 13.6 Å². The molecule has 146 valence electrons. The Balaban J connectivity index is 1.83. The molecule has 10 heteroatoms. The molecule has 0 fully saturated rings. The Bertz CT molecular complexity index is 988. The normalized spacial score (nSPS) is 11.8. The third-order valence-corrected chi connectivity index (χ3v) is 3.77. The lowest BCUT2D eigenvalue weighted by molar-refractivity contribution is -0.138. The molecule has 0 aliphatic carbocycles. The number of hydrogen-bond acceptors (Lipinski definition) is 6. The summed E-state index contributed by atoms with van der Waals surface area (Å²) >= 11 is 0. The first-order valence-electron chi connectivity index (χ1n) is 8.09. The minimum atomic E-state index is -4.47. The number of rotatable bonds is 6. The van der Waals surface area contributed by atoms with Gasteiger partial charge in [0.2, 0.25) is 5.82 Å². The van der Waals surface area contributed by atoms with E-state index in [0.717, 1.165) is 12.1 Å². The van der Waals surface area contributed by atoms with Gasteiger partial charge in [0.15, 0.2) is 0 Å². The van der Waals surface area contributed by atoms with Crippen LogP contribution in [0.5, 0.6) is 0 Å². The van der Waals surface area contributed by atoms with Gasteiger partial charge in [-0.15, -0.1) is 0 Å². The van der Waals surface area contributed by atoms with E-state index in [4.69, 9.17) is 9.63 Å². The zero-order chi connectivity index (χ0) is 20.3. The third kappa shape index (κ3) is 4.71. The molecular formula is C18H15F3N4O3. The molecule has 28 heavy (non-hydrogen) atoms. The predicted octanol–water partition coefficient (Wildman–Crippen LogP) is 3.33. The van der Waals surface area contributed by atoms with Gasteiger partial charge in [0.25, 0.3) is 5.89 Å². The Labute approximate surface area is 157 Å². The highest BCUT2D eigenvalue weighted by Gasteiger charge is 2.30. The fraction of sp³-hybridized carbons (Fsp3) is 0.222. The lowest BCUT2D eigenvalue weighted by Gasteiger charge is -2.13. The predicted molar refractivity (Wildman–Crippen MR) is 91.9 cm³/mol. The summed E-state index contributed by atoms with van der Waals surface area (Å²) in [5.41, 5.74) is 0.490. The minimum Gasteiger partial charge on any atom is -0.480 e. The van der Waals surface area contributed by atoms with Crippen molar-refractivity contribution in [3.05, 3.63) is 53.9 Å². The quantitative estimate of drug-likeness (QED) is 0.688. The van der Waals surface area contributed by atoms with E-state index in [2.05, 4.69) is 15.1 Å². The van der Waals surface area contributed by atoms with E-state index in [9.17, 15) is 18.0 Å². The Hall–Kier alpha value is -3.27. The summed E-state index contributed by atoms with van der Waals surface area (Å²) in [7, 11) is 1.64. The first-order valence-corrected chi connectivity index (χ1v) is 8.09. The zero-order valence-corrected chi connectivity index (χ0v) is 14.6. The largest absolute Gasteiger partial charge is 0.480 e. The molecule has 2 heterocycles. The van der Waals surface area contributed by atoms with Gasteiger partial charge in [0, 0.05) is 23.9 Å². The fourth-order valence-electron chi connectivity index (χ4n) is 2.55. The van der Waals surface area contributed by atoms with Crippen LogP contribution in [0.3, 0.4) is 0 Å². The molecule has 1 aromatic carbocycles. The van der Waals surface area contributed by atoms with Crippen molar-refractivity contribution in [1.29, 1.82) is 0 Å². The number of hydrogen-bond donors (Lipinski definition) is 1. The highest BCUT2D eigenvalue weighted by atomic mass is 19.4. The maximum absolute atomic E-state index is 12.9. The molecule has 3 rings (SSSR count). The van der Waals surface area contributed by atoms with Gasteiger partial charge in [0.1, 0.15) is 0 Å². The third-order valence-electron chi connectivity index (χ3n) is 3.77. The molecule has 3 aromatic rings. The van der Waals surface area contributed by atoms with Crippen molar-refractivity contribution in [2.45, 2.75) is 12.7 Å². The van der Waals surface area contributed by atoms with Crippen LogP contribution in [-0.4, -0.2) is 44.7 Å². The molecule has 0 saturated carbocycles. The summed E-state index contributed by atoms with van der Waals surface area (Å²) in [5.74, 6) is -0.804. The Morgan fingerprint density at radius 3 is 2.71 bits per heavy atom. The summed E-state index contributed by atoms with van der Waals surface area (Å²) < 4.78 is 43.7. The molecule has 0 aliphatic heterocycles. The number of carbonyl (C=O) groups is 1. The average molecular weight is 392 g/mol. The minimum absolute atomic E-state index is 0.0394. The maximum atomic E-state index is 12.9. The second-order valence-electron chi connectivity index (χ2n) is 6.10. The Morgan fingerprint density at radius 2 is 2.00 bits per heavy atom. The molecular weight excluding hydrogens is 377 g/mol. The molecule has 0 aliphatic rings. The van der Waals surface area contributed by atoms with Crippen LogP contribution in [-0.2, 0) is 17.5 Å². The van der Waals surface area contributed by atoms with Gasteiger partial charge in [0.05, 0.1) is 17.8 Å². The van der Waals surface area contributed by atoms with Crippen LogP contribution in [0.15, 0.2) is 47.1 Å². The van der Waals surface area contributed by atoms with Crippen LogP contribution in [0.25, 0.3) is 22.8 Å². The van der Waals surface area contributed by atoms with E-state index in [1.165, 1.54) is 18.3 Å². The van der Waals surface area contributed by atoms with E-state index < -0.39 is 17.7 Å². The van der Waals surface area contributed by atoms with Gasteiger partial charge < -0.3 is 9.63 Å². The van der Waals surface area contributed by atoms with Gasteiger partial charge in [-0.25, -0.2) is 0 Å². The van der Waals surface area contributed by atoms with Crippen LogP contribution in [0.2, 0.25) is 0 Å². The highest BCUT2D eigenvalue weighted by molar-refractivity contribution is 5.69. The number of nitrogens with zero attached hydrogens (tertiary/aromatic N) is 4. The van der Waals surface area contributed by atoms with Crippen molar-refractivity contribution in [3.8, 4) is 22.8 Å². The number of benzene rings is 1. The van der Waals surface area contributed by atoms with Crippen LogP contribution in [0.4, 0.5) is 13.2 Å². The molecule has 0 atom stereocenters. The molecule has 0 spiro atoms.